The Morgan fingerprint density at radius 3 is 2.67 bits per heavy atom. The smallest absolute Gasteiger partial charge is 0.387 e. The number of alkyl halides is 2. The maximum atomic E-state index is 15.2. The summed E-state index contributed by atoms with van der Waals surface area (Å²) in [7, 11) is 0. The van der Waals surface area contributed by atoms with Crippen molar-refractivity contribution < 1.29 is 27.8 Å². The van der Waals surface area contributed by atoms with Crippen molar-refractivity contribution in [1.82, 2.24) is 14.4 Å². The van der Waals surface area contributed by atoms with Crippen molar-refractivity contribution in [3.8, 4) is 16.9 Å². The molecule has 1 fully saturated rings. The molecule has 186 valence electrons. The van der Waals surface area contributed by atoms with Crippen LogP contribution in [0.2, 0.25) is 0 Å². The highest BCUT2D eigenvalue weighted by molar-refractivity contribution is 5.66. The topological polar surface area (TPSA) is 68.9 Å². The molecule has 2 aliphatic rings. The molecule has 1 N–H and O–H groups in total. The highest BCUT2D eigenvalue weighted by Crippen LogP contribution is 2.47. The van der Waals surface area contributed by atoms with Crippen molar-refractivity contribution in [2.75, 3.05) is 13.2 Å². The van der Waals surface area contributed by atoms with E-state index in [1.165, 1.54) is 12.1 Å². The van der Waals surface area contributed by atoms with Gasteiger partial charge in [-0.3, -0.25) is 4.98 Å². The lowest BCUT2D eigenvalue weighted by atomic mass is 9.95. The molecule has 4 heterocycles. The number of aromatic nitrogens is 3. The number of imidazole rings is 1. The number of benzene rings is 1. The van der Waals surface area contributed by atoms with Crippen LogP contribution in [0, 0.1) is 5.82 Å². The molecule has 1 saturated heterocycles. The fourth-order valence-corrected chi connectivity index (χ4v) is 5.40. The van der Waals surface area contributed by atoms with Crippen molar-refractivity contribution in [3.63, 3.8) is 0 Å². The van der Waals surface area contributed by atoms with Gasteiger partial charge >= 0.3 is 6.61 Å². The Morgan fingerprint density at radius 2 is 1.92 bits per heavy atom. The first-order chi connectivity index (χ1) is 17.5. The average Bonchev–Trinajstić information content (AvgIpc) is 3.41. The number of rotatable bonds is 5. The van der Waals surface area contributed by atoms with Crippen LogP contribution in [0.15, 0.2) is 54.9 Å². The maximum Gasteiger partial charge on any atom is 0.387 e. The minimum absolute atomic E-state index is 0.0442. The summed E-state index contributed by atoms with van der Waals surface area (Å²) in [5.41, 5.74) is 3.82. The molecule has 0 bridgehead atoms. The minimum Gasteiger partial charge on any atom is -0.435 e. The van der Waals surface area contributed by atoms with Gasteiger partial charge in [-0.15, -0.1) is 0 Å². The van der Waals surface area contributed by atoms with E-state index in [1.807, 2.05) is 12.1 Å². The van der Waals surface area contributed by atoms with Crippen LogP contribution >= 0.6 is 0 Å². The van der Waals surface area contributed by atoms with Gasteiger partial charge in [0.1, 0.15) is 17.2 Å². The fraction of sp³-hybridized carbons (Fsp3) is 0.333. The van der Waals surface area contributed by atoms with Gasteiger partial charge in [-0.2, -0.15) is 8.78 Å². The fourth-order valence-electron chi connectivity index (χ4n) is 5.40. The van der Waals surface area contributed by atoms with Gasteiger partial charge < -0.3 is 19.0 Å². The first-order valence-electron chi connectivity index (χ1n) is 12.0. The number of hydrogen-bond donors (Lipinski definition) is 1. The van der Waals surface area contributed by atoms with Gasteiger partial charge in [0.05, 0.1) is 17.5 Å². The van der Waals surface area contributed by atoms with Crippen molar-refractivity contribution in [1.29, 1.82) is 0 Å². The van der Waals surface area contributed by atoms with Crippen LogP contribution in [0.5, 0.6) is 5.75 Å². The predicted octanol–water partition coefficient (Wildman–Crippen LogP) is 5.60. The van der Waals surface area contributed by atoms with Crippen molar-refractivity contribution in [2.45, 2.75) is 43.8 Å². The Kier molecular flexibility index (Phi) is 5.89. The summed E-state index contributed by atoms with van der Waals surface area (Å²) >= 11 is 0. The van der Waals surface area contributed by atoms with Crippen LogP contribution in [0.4, 0.5) is 13.2 Å². The number of hydrogen-bond acceptors (Lipinski definition) is 5. The zero-order chi connectivity index (χ0) is 24.8. The summed E-state index contributed by atoms with van der Waals surface area (Å²) in [5, 5.41) is 10.7. The Balaban J connectivity index is 1.41. The number of pyridine rings is 2. The van der Waals surface area contributed by atoms with E-state index in [0.29, 0.717) is 52.9 Å². The lowest BCUT2D eigenvalue weighted by Crippen LogP contribution is -2.15. The van der Waals surface area contributed by atoms with E-state index in [-0.39, 0.29) is 12.2 Å². The van der Waals surface area contributed by atoms with Gasteiger partial charge in [-0.1, -0.05) is 24.3 Å². The van der Waals surface area contributed by atoms with Crippen LogP contribution in [-0.4, -0.2) is 39.3 Å². The van der Waals surface area contributed by atoms with Crippen molar-refractivity contribution in [3.05, 3.63) is 83.3 Å². The molecule has 2 unspecified atom stereocenters. The molecule has 36 heavy (non-hydrogen) atoms. The summed E-state index contributed by atoms with van der Waals surface area (Å²) in [5.74, 6) is -0.538. The number of fused-ring (bicyclic) bond motifs is 3. The molecule has 6 rings (SSSR count). The molecule has 9 heteroatoms. The molecule has 1 aliphatic heterocycles. The second kappa shape index (κ2) is 9.22. The second-order valence-corrected chi connectivity index (χ2v) is 9.22. The number of para-hydroxylation sites is 1. The molecule has 0 saturated carbocycles. The molecule has 6 nitrogen and oxygen atoms in total. The van der Waals surface area contributed by atoms with Gasteiger partial charge in [0.15, 0.2) is 0 Å². The summed E-state index contributed by atoms with van der Waals surface area (Å²) in [6, 6.07) is 11.6. The van der Waals surface area contributed by atoms with Crippen LogP contribution in [0.25, 0.3) is 16.8 Å². The Labute approximate surface area is 205 Å². The molecule has 3 aromatic heterocycles. The maximum absolute atomic E-state index is 15.2. The molecule has 4 aromatic rings. The summed E-state index contributed by atoms with van der Waals surface area (Å²) < 4.78 is 53.2. The second-order valence-electron chi connectivity index (χ2n) is 9.22. The minimum atomic E-state index is -2.98. The van der Waals surface area contributed by atoms with Crippen LogP contribution < -0.4 is 4.74 Å². The van der Waals surface area contributed by atoms with Crippen LogP contribution in [0.1, 0.15) is 59.8 Å². The van der Waals surface area contributed by atoms with E-state index in [4.69, 9.17) is 9.47 Å². The monoisotopic (exact) mass is 495 g/mol. The molecule has 1 aromatic carbocycles. The molecule has 0 spiro atoms. The van der Waals surface area contributed by atoms with E-state index < -0.39 is 24.5 Å². The van der Waals surface area contributed by atoms with Crippen molar-refractivity contribution in [2.24, 2.45) is 0 Å². The van der Waals surface area contributed by atoms with E-state index in [0.717, 1.165) is 18.5 Å². The summed E-state index contributed by atoms with van der Waals surface area (Å²) in [4.78, 5) is 9.07. The summed E-state index contributed by atoms with van der Waals surface area (Å²) in [6.45, 7) is -1.55. The van der Waals surface area contributed by atoms with E-state index in [1.54, 1.807) is 35.0 Å². The number of aliphatic hydroxyl groups is 1. The van der Waals surface area contributed by atoms with Gasteiger partial charge in [0, 0.05) is 65.9 Å². The highest BCUT2D eigenvalue weighted by atomic mass is 19.3. The van der Waals surface area contributed by atoms with Gasteiger partial charge in [0.2, 0.25) is 0 Å². The third kappa shape index (κ3) is 4.02. The van der Waals surface area contributed by atoms with Gasteiger partial charge in [-0.25, -0.2) is 9.37 Å². The molecule has 1 aliphatic carbocycles. The number of ether oxygens (including phenoxy) is 2. The van der Waals surface area contributed by atoms with Gasteiger partial charge in [-0.05, 0) is 31.4 Å². The lowest BCUT2D eigenvalue weighted by Gasteiger charge is -2.21. The van der Waals surface area contributed by atoms with Crippen molar-refractivity contribution >= 4 is 5.65 Å². The zero-order valence-corrected chi connectivity index (χ0v) is 19.3. The predicted molar refractivity (Wildman–Crippen MR) is 126 cm³/mol. The molecular formula is C27H24F3N3O3. The van der Waals surface area contributed by atoms with E-state index in [9.17, 15) is 13.9 Å². The molecule has 0 radical (unpaired) electrons. The molecule has 0 amide bonds. The van der Waals surface area contributed by atoms with E-state index in [2.05, 4.69) is 9.97 Å². The zero-order valence-electron chi connectivity index (χ0n) is 19.3. The lowest BCUT2D eigenvalue weighted by molar-refractivity contribution is -0.0506. The van der Waals surface area contributed by atoms with E-state index >= 15 is 4.39 Å². The number of halogens is 3. The Bertz CT molecular complexity index is 1400. The number of aliphatic hydroxyl groups excluding tert-OH is 1. The highest BCUT2D eigenvalue weighted by Gasteiger charge is 2.37. The average molecular weight is 496 g/mol. The molecular weight excluding hydrogens is 471 g/mol. The largest absolute Gasteiger partial charge is 0.435 e. The first-order valence-corrected chi connectivity index (χ1v) is 12.0. The molecule has 2 atom stereocenters. The standard InChI is InChI=1S/C27H24F3N3O3/c28-20-12-24-32-25-22(34)11-18(17-3-1-2-4-23(17)36-27(29)30)26(25)33(24)14-19(20)16-5-6-21(31-13-16)15-7-9-35-10-8-15/h1-6,12-15,18,22,27,34H,7-11H2. The van der Waals surface area contributed by atoms with Crippen LogP contribution in [0.3, 0.4) is 0 Å². The number of nitrogens with zero attached hydrogens (tertiary/aromatic N) is 3. The first kappa shape index (κ1) is 23.0. The summed E-state index contributed by atoms with van der Waals surface area (Å²) in [6.07, 6.45) is 4.49. The quantitative estimate of drug-likeness (QED) is 0.390. The SMILES string of the molecule is OC1CC(c2ccccc2OC(F)F)c2c1nc1cc(F)c(-c3ccc(C4CCOCC4)nc3)cn21. The van der Waals surface area contributed by atoms with Crippen LogP contribution in [-0.2, 0) is 4.74 Å². The normalized spacial score (nSPS) is 20.2. The Morgan fingerprint density at radius 1 is 1.11 bits per heavy atom. The Hall–Kier alpha value is -3.43. The third-order valence-electron chi connectivity index (χ3n) is 7.13. The third-order valence-corrected chi connectivity index (χ3v) is 7.13. The van der Waals surface area contributed by atoms with Gasteiger partial charge in [0.25, 0.3) is 0 Å².